The maximum atomic E-state index is 5.28. The third-order valence-corrected chi connectivity index (χ3v) is 3.78. The molecule has 2 rings (SSSR count). The summed E-state index contributed by atoms with van der Waals surface area (Å²) >= 11 is 0. The fourth-order valence-electron chi connectivity index (χ4n) is 2.97. The van der Waals surface area contributed by atoms with Crippen LogP contribution in [-0.4, -0.2) is 50.8 Å². The topological polar surface area (TPSA) is 24.5 Å². The number of nitrogens with zero attached hydrogens (tertiary/aromatic N) is 1. The summed E-state index contributed by atoms with van der Waals surface area (Å²) in [6.07, 6.45) is 5.38. The lowest BCUT2D eigenvalue weighted by molar-refractivity contribution is 0.0590. The van der Waals surface area contributed by atoms with E-state index in [9.17, 15) is 0 Å². The van der Waals surface area contributed by atoms with Crippen molar-refractivity contribution in [3.8, 4) is 0 Å². The number of nitrogens with one attached hydrogen (secondary N) is 1. The zero-order valence-electron chi connectivity index (χ0n) is 10.7. The third-order valence-electron chi connectivity index (χ3n) is 3.78. The van der Waals surface area contributed by atoms with Gasteiger partial charge in [-0.25, -0.2) is 0 Å². The van der Waals surface area contributed by atoms with E-state index in [0.717, 1.165) is 18.6 Å². The first-order chi connectivity index (χ1) is 7.40. The predicted octanol–water partition coefficient (Wildman–Crippen LogP) is 1.94. The lowest BCUT2D eigenvalue weighted by atomic mass is 9.95. The van der Waals surface area contributed by atoms with Crippen molar-refractivity contribution in [1.29, 1.82) is 0 Å². The Morgan fingerprint density at radius 2 is 1.88 bits per heavy atom. The molecule has 5 heteroatoms. The molecule has 0 spiro atoms. The van der Waals surface area contributed by atoms with Crippen molar-refractivity contribution in [3.05, 3.63) is 0 Å². The van der Waals surface area contributed by atoms with Gasteiger partial charge in [-0.3, -0.25) is 4.90 Å². The van der Waals surface area contributed by atoms with E-state index in [1.165, 1.54) is 51.9 Å². The van der Waals surface area contributed by atoms with Gasteiger partial charge in [0.25, 0.3) is 0 Å². The molecule has 0 aromatic heterocycles. The van der Waals surface area contributed by atoms with Crippen LogP contribution in [0.2, 0.25) is 0 Å². The van der Waals surface area contributed by atoms with Crippen LogP contribution in [0.1, 0.15) is 25.7 Å². The summed E-state index contributed by atoms with van der Waals surface area (Å²) in [5.41, 5.74) is 0. The van der Waals surface area contributed by atoms with Crippen molar-refractivity contribution in [2.24, 2.45) is 5.92 Å². The highest BCUT2D eigenvalue weighted by atomic mass is 35.5. The lowest BCUT2D eigenvalue weighted by Crippen LogP contribution is -2.48. The largest absolute Gasteiger partial charge is 0.384 e. The Kier molecular flexibility index (Phi) is 9.65. The number of hydrogen-bond acceptors (Lipinski definition) is 3. The van der Waals surface area contributed by atoms with Crippen LogP contribution in [0.5, 0.6) is 0 Å². The fraction of sp³-hybridized carbons (Fsp3) is 1.00. The van der Waals surface area contributed by atoms with Crippen molar-refractivity contribution in [2.75, 3.05) is 39.9 Å². The summed E-state index contributed by atoms with van der Waals surface area (Å²) in [7, 11) is 1.82. The summed E-state index contributed by atoms with van der Waals surface area (Å²) in [5.74, 6) is 0.777. The molecule has 2 aliphatic heterocycles. The van der Waals surface area contributed by atoms with Crippen molar-refractivity contribution in [1.82, 2.24) is 10.2 Å². The number of likely N-dealkylation sites (tertiary alicyclic amines) is 1. The molecule has 0 aromatic rings. The van der Waals surface area contributed by atoms with Crippen molar-refractivity contribution in [2.45, 2.75) is 31.7 Å². The van der Waals surface area contributed by atoms with Gasteiger partial charge in [0.1, 0.15) is 0 Å². The highest BCUT2D eigenvalue weighted by Gasteiger charge is 2.26. The molecule has 1 unspecified atom stereocenters. The minimum atomic E-state index is 0. The van der Waals surface area contributed by atoms with E-state index in [1.807, 2.05) is 7.11 Å². The van der Waals surface area contributed by atoms with Gasteiger partial charge in [0, 0.05) is 19.7 Å². The molecule has 2 fully saturated rings. The smallest absolute Gasteiger partial charge is 0.0502 e. The van der Waals surface area contributed by atoms with Crippen LogP contribution >= 0.6 is 24.8 Å². The van der Waals surface area contributed by atoms with E-state index >= 15 is 0 Å². The zero-order chi connectivity index (χ0) is 10.5. The minimum Gasteiger partial charge on any atom is -0.384 e. The van der Waals surface area contributed by atoms with Gasteiger partial charge in [0.15, 0.2) is 0 Å². The molecular formula is C12H26Cl2N2O. The second-order valence-electron chi connectivity index (χ2n) is 4.94. The van der Waals surface area contributed by atoms with E-state index < -0.39 is 0 Å². The van der Waals surface area contributed by atoms with Gasteiger partial charge in [0.2, 0.25) is 0 Å². The molecule has 0 amide bonds. The van der Waals surface area contributed by atoms with Gasteiger partial charge < -0.3 is 10.1 Å². The standard InChI is InChI=1S/C12H24N2O.2ClH/c1-15-10-11-3-2-8-14(9-11)12-4-6-13-7-5-12;;/h11-13H,2-10H2,1H3;2*1H. The first-order valence-electron chi connectivity index (χ1n) is 6.34. The van der Waals surface area contributed by atoms with Crippen LogP contribution in [0.15, 0.2) is 0 Å². The molecule has 0 aliphatic carbocycles. The minimum absolute atomic E-state index is 0. The Bertz CT molecular complexity index is 187. The Morgan fingerprint density at radius 1 is 1.18 bits per heavy atom. The number of piperidine rings is 2. The van der Waals surface area contributed by atoms with Crippen LogP contribution in [0.4, 0.5) is 0 Å². The Hall–Kier alpha value is 0.460. The molecular weight excluding hydrogens is 259 g/mol. The van der Waals surface area contributed by atoms with Gasteiger partial charge in [-0.15, -0.1) is 24.8 Å². The number of methoxy groups -OCH3 is 1. The molecule has 0 bridgehead atoms. The lowest BCUT2D eigenvalue weighted by Gasteiger charge is -2.40. The summed E-state index contributed by atoms with van der Waals surface area (Å²) in [6.45, 7) is 5.93. The molecule has 0 aromatic carbocycles. The second kappa shape index (κ2) is 9.40. The molecule has 0 radical (unpaired) electrons. The quantitative estimate of drug-likeness (QED) is 0.857. The maximum Gasteiger partial charge on any atom is 0.0502 e. The Balaban J connectivity index is 0.00000128. The zero-order valence-corrected chi connectivity index (χ0v) is 12.3. The average molecular weight is 285 g/mol. The van der Waals surface area contributed by atoms with Crippen molar-refractivity contribution >= 4 is 24.8 Å². The molecule has 17 heavy (non-hydrogen) atoms. The summed E-state index contributed by atoms with van der Waals surface area (Å²) in [4.78, 5) is 2.70. The predicted molar refractivity (Wildman–Crippen MR) is 76.6 cm³/mol. The highest BCUT2D eigenvalue weighted by molar-refractivity contribution is 5.85. The maximum absolute atomic E-state index is 5.28. The van der Waals surface area contributed by atoms with Crippen LogP contribution in [0.25, 0.3) is 0 Å². The third kappa shape index (κ3) is 5.31. The van der Waals surface area contributed by atoms with Crippen LogP contribution in [0, 0.1) is 5.92 Å². The number of halogens is 2. The van der Waals surface area contributed by atoms with Gasteiger partial charge in [0.05, 0.1) is 6.61 Å². The van der Waals surface area contributed by atoms with Gasteiger partial charge in [-0.1, -0.05) is 0 Å². The monoisotopic (exact) mass is 284 g/mol. The number of hydrogen-bond donors (Lipinski definition) is 1. The van der Waals surface area contributed by atoms with E-state index in [0.29, 0.717) is 0 Å². The molecule has 0 saturated carbocycles. The number of ether oxygens (including phenoxy) is 1. The summed E-state index contributed by atoms with van der Waals surface area (Å²) in [6, 6.07) is 0.839. The van der Waals surface area contributed by atoms with Gasteiger partial charge >= 0.3 is 0 Å². The Labute approximate surface area is 117 Å². The SMILES string of the molecule is COCC1CCCN(C2CCNCC2)C1.Cl.Cl. The molecule has 2 heterocycles. The Morgan fingerprint density at radius 3 is 2.53 bits per heavy atom. The fourth-order valence-corrected chi connectivity index (χ4v) is 2.97. The molecule has 2 aliphatic rings. The van der Waals surface area contributed by atoms with E-state index in [2.05, 4.69) is 10.2 Å². The molecule has 1 N–H and O–H groups in total. The summed E-state index contributed by atoms with van der Waals surface area (Å²) < 4.78 is 5.28. The van der Waals surface area contributed by atoms with Crippen LogP contribution < -0.4 is 5.32 Å². The molecule has 104 valence electrons. The van der Waals surface area contributed by atoms with E-state index in [-0.39, 0.29) is 24.8 Å². The van der Waals surface area contributed by atoms with Gasteiger partial charge in [-0.05, 0) is 51.2 Å². The number of rotatable bonds is 3. The van der Waals surface area contributed by atoms with Crippen molar-refractivity contribution in [3.63, 3.8) is 0 Å². The average Bonchev–Trinajstić information content (AvgIpc) is 2.31. The van der Waals surface area contributed by atoms with Crippen LogP contribution in [-0.2, 0) is 4.74 Å². The second-order valence-corrected chi connectivity index (χ2v) is 4.94. The highest BCUT2D eigenvalue weighted by Crippen LogP contribution is 2.22. The van der Waals surface area contributed by atoms with Crippen LogP contribution in [0.3, 0.4) is 0 Å². The van der Waals surface area contributed by atoms with E-state index in [4.69, 9.17) is 4.74 Å². The first kappa shape index (κ1) is 17.5. The summed E-state index contributed by atoms with van der Waals surface area (Å²) in [5, 5.41) is 3.44. The van der Waals surface area contributed by atoms with E-state index in [1.54, 1.807) is 0 Å². The molecule has 3 nitrogen and oxygen atoms in total. The molecule has 1 atom stereocenters. The van der Waals surface area contributed by atoms with Gasteiger partial charge in [-0.2, -0.15) is 0 Å². The first-order valence-corrected chi connectivity index (χ1v) is 6.34. The van der Waals surface area contributed by atoms with Crippen molar-refractivity contribution < 1.29 is 4.74 Å². The normalized spacial score (nSPS) is 27.0. The molecule has 2 saturated heterocycles.